The summed E-state index contributed by atoms with van der Waals surface area (Å²) in [6.07, 6.45) is 7.29. The van der Waals surface area contributed by atoms with Gasteiger partial charge in [-0.05, 0) is 19.8 Å². The van der Waals surface area contributed by atoms with Crippen LogP contribution < -0.4 is 0 Å². The number of nitrogens with zero attached hydrogens (tertiary/aromatic N) is 1. The number of aliphatic hydroxyl groups is 1. The number of aliphatic hydroxyl groups excluding tert-OH is 1. The Morgan fingerprint density at radius 1 is 1.06 bits per heavy atom. The van der Waals surface area contributed by atoms with Gasteiger partial charge in [-0.3, -0.25) is 4.79 Å². The molecule has 0 aromatic rings. The Bertz CT molecular complexity index is 171. The van der Waals surface area contributed by atoms with Crippen LogP contribution in [0.15, 0.2) is 0 Å². The maximum absolute atomic E-state index is 11.8. The molecule has 0 fully saturated rings. The third-order valence-corrected chi connectivity index (χ3v) is 2.81. The summed E-state index contributed by atoms with van der Waals surface area (Å²) in [7, 11) is 0. The lowest BCUT2D eigenvalue weighted by Crippen LogP contribution is -2.31. The van der Waals surface area contributed by atoms with Crippen LogP contribution in [-0.2, 0) is 4.79 Å². The Morgan fingerprint density at radius 3 is 2.31 bits per heavy atom. The maximum atomic E-state index is 11.8. The highest BCUT2D eigenvalue weighted by Crippen LogP contribution is 2.07. The van der Waals surface area contributed by atoms with Crippen molar-refractivity contribution in [3.05, 3.63) is 0 Å². The van der Waals surface area contributed by atoms with Gasteiger partial charge in [0.15, 0.2) is 0 Å². The zero-order chi connectivity index (χ0) is 12.2. The molecular weight excluding hydrogens is 202 g/mol. The van der Waals surface area contributed by atoms with Crippen LogP contribution >= 0.6 is 0 Å². The van der Waals surface area contributed by atoms with Crippen molar-refractivity contribution in [1.82, 2.24) is 4.90 Å². The molecule has 0 heterocycles. The molecule has 0 rings (SSSR count). The standard InChI is InChI=1S/C13H27NO2/c1-3-5-6-7-8-10-13(16)14(4-2)11-9-12-15/h15H,3-12H2,1-2H3. The molecule has 16 heavy (non-hydrogen) atoms. The number of carbonyl (C=O) groups excluding carboxylic acids is 1. The highest BCUT2D eigenvalue weighted by molar-refractivity contribution is 5.76. The summed E-state index contributed by atoms with van der Waals surface area (Å²) in [6.45, 7) is 5.81. The van der Waals surface area contributed by atoms with Crippen molar-refractivity contribution >= 4 is 5.91 Å². The van der Waals surface area contributed by atoms with E-state index in [0.29, 0.717) is 19.4 Å². The molecule has 3 nitrogen and oxygen atoms in total. The second-order valence-corrected chi connectivity index (χ2v) is 4.21. The number of hydrogen-bond donors (Lipinski definition) is 1. The minimum atomic E-state index is 0.167. The SMILES string of the molecule is CCCCCCCC(=O)N(CC)CCCO. The highest BCUT2D eigenvalue weighted by Gasteiger charge is 2.09. The molecule has 0 aromatic carbocycles. The Balaban J connectivity index is 3.58. The van der Waals surface area contributed by atoms with Crippen molar-refractivity contribution in [2.75, 3.05) is 19.7 Å². The first-order valence-electron chi connectivity index (χ1n) is 6.64. The molecule has 0 aromatic heterocycles. The van der Waals surface area contributed by atoms with Crippen LogP contribution in [0.25, 0.3) is 0 Å². The van der Waals surface area contributed by atoms with Gasteiger partial charge in [0.2, 0.25) is 5.91 Å². The molecule has 3 heteroatoms. The average Bonchev–Trinajstić information content (AvgIpc) is 2.30. The molecular formula is C13H27NO2. The van der Waals surface area contributed by atoms with Crippen LogP contribution in [0.1, 0.15) is 58.8 Å². The van der Waals surface area contributed by atoms with Crippen LogP contribution in [0.2, 0.25) is 0 Å². The summed E-state index contributed by atoms with van der Waals surface area (Å²) in [6, 6.07) is 0. The fourth-order valence-corrected chi connectivity index (χ4v) is 1.76. The predicted molar refractivity (Wildman–Crippen MR) is 67.3 cm³/mol. The van der Waals surface area contributed by atoms with E-state index in [9.17, 15) is 4.79 Å². The van der Waals surface area contributed by atoms with Gasteiger partial charge in [-0.2, -0.15) is 0 Å². The summed E-state index contributed by atoms with van der Waals surface area (Å²) in [5.41, 5.74) is 0. The minimum Gasteiger partial charge on any atom is -0.396 e. The Morgan fingerprint density at radius 2 is 1.75 bits per heavy atom. The molecule has 0 aliphatic carbocycles. The molecule has 0 aliphatic rings. The van der Waals surface area contributed by atoms with Gasteiger partial charge in [-0.25, -0.2) is 0 Å². The van der Waals surface area contributed by atoms with Gasteiger partial charge in [-0.1, -0.05) is 32.6 Å². The number of rotatable bonds is 10. The summed E-state index contributed by atoms with van der Waals surface area (Å²) in [5, 5.41) is 8.73. The monoisotopic (exact) mass is 229 g/mol. The summed E-state index contributed by atoms with van der Waals surface area (Å²) < 4.78 is 0. The fraction of sp³-hybridized carbons (Fsp3) is 0.923. The lowest BCUT2D eigenvalue weighted by atomic mass is 10.1. The molecule has 0 aliphatic heterocycles. The van der Waals surface area contributed by atoms with Crippen LogP contribution in [-0.4, -0.2) is 35.6 Å². The molecule has 0 atom stereocenters. The molecule has 0 saturated carbocycles. The van der Waals surface area contributed by atoms with E-state index in [1.807, 2.05) is 11.8 Å². The lowest BCUT2D eigenvalue weighted by Gasteiger charge is -2.20. The summed E-state index contributed by atoms with van der Waals surface area (Å²) in [5.74, 6) is 0.243. The number of amides is 1. The second-order valence-electron chi connectivity index (χ2n) is 4.21. The van der Waals surface area contributed by atoms with Crippen molar-refractivity contribution in [2.45, 2.75) is 58.8 Å². The molecule has 0 radical (unpaired) electrons. The molecule has 0 bridgehead atoms. The normalized spacial score (nSPS) is 10.4. The Labute approximate surface area is 99.8 Å². The molecule has 0 saturated heterocycles. The third kappa shape index (κ3) is 7.69. The predicted octanol–water partition coefficient (Wildman–Crippen LogP) is 2.58. The molecule has 1 N–H and O–H groups in total. The van der Waals surface area contributed by atoms with Crippen molar-refractivity contribution in [3.8, 4) is 0 Å². The molecule has 0 spiro atoms. The topological polar surface area (TPSA) is 40.5 Å². The first kappa shape index (κ1) is 15.4. The minimum absolute atomic E-state index is 0.167. The van der Waals surface area contributed by atoms with Gasteiger partial charge in [0.05, 0.1) is 0 Å². The van der Waals surface area contributed by atoms with Crippen LogP contribution in [0, 0.1) is 0 Å². The Hall–Kier alpha value is -0.570. The fourth-order valence-electron chi connectivity index (χ4n) is 1.76. The first-order chi connectivity index (χ1) is 7.76. The van der Waals surface area contributed by atoms with E-state index in [1.165, 1.54) is 19.3 Å². The lowest BCUT2D eigenvalue weighted by molar-refractivity contribution is -0.131. The van der Waals surface area contributed by atoms with Crippen LogP contribution in [0.3, 0.4) is 0 Å². The number of hydrogen-bond acceptors (Lipinski definition) is 2. The second kappa shape index (κ2) is 10.9. The van der Waals surface area contributed by atoms with E-state index < -0.39 is 0 Å². The van der Waals surface area contributed by atoms with E-state index in [1.54, 1.807) is 0 Å². The number of carbonyl (C=O) groups is 1. The third-order valence-electron chi connectivity index (χ3n) is 2.81. The van der Waals surface area contributed by atoms with Gasteiger partial charge in [0.1, 0.15) is 0 Å². The smallest absolute Gasteiger partial charge is 0.222 e. The average molecular weight is 229 g/mol. The maximum Gasteiger partial charge on any atom is 0.222 e. The van der Waals surface area contributed by atoms with Crippen molar-refractivity contribution in [2.24, 2.45) is 0 Å². The largest absolute Gasteiger partial charge is 0.396 e. The highest BCUT2D eigenvalue weighted by atomic mass is 16.3. The molecule has 0 unspecified atom stereocenters. The van der Waals surface area contributed by atoms with Crippen molar-refractivity contribution in [1.29, 1.82) is 0 Å². The van der Waals surface area contributed by atoms with Gasteiger partial charge in [-0.15, -0.1) is 0 Å². The van der Waals surface area contributed by atoms with E-state index >= 15 is 0 Å². The van der Waals surface area contributed by atoms with E-state index in [4.69, 9.17) is 5.11 Å². The zero-order valence-corrected chi connectivity index (χ0v) is 10.9. The van der Waals surface area contributed by atoms with E-state index in [2.05, 4.69) is 6.92 Å². The Kier molecular flexibility index (Phi) is 10.5. The van der Waals surface area contributed by atoms with Gasteiger partial charge in [0, 0.05) is 26.1 Å². The zero-order valence-electron chi connectivity index (χ0n) is 10.9. The van der Waals surface area contributed by atoms with E-state index in [0.717, 1.165) is 19.4 Å². The van der Waals surface area contributed by atoms with Crippen LogP contribution in [0.5, 0.6) is 0 Å². The molecule has 96 valence electrons. The van der Waals surface area contributed by atoms with Crippen molar-refractivity contribution < 1.29 is 9.90 Å². The summed E-state index contributed by atoms with van der Waals surface area (Å²) in [4.78, 5) is 13.6. The quantitative estimate of drug-likeness (QED) is 0.585. The van der Waals surface area contributed by atoms with Gasteiger partial charge < -0.3 is 10.0 Å². The molecule has 1 amide bonds. The van der Waals surface area contributed by atoms with Crippen molar-refractivity contribution in [3.63, 3.8) is 0 Å². The first-order valence-corrected chi connectivity index (χ1v) is 6.64. The van der Waals surface area contributed by atoms with E-state index in [-0.39, 0.29) is 12.5 Å². The van der Waals surface area contributed by atoms with Gasteiger partial charge >= 0.3 is 0 Å². The van der Waals surface area contributed by atoms with Crippen LogP contribution in [0.4, 0.5) is 0 Å². The van der Waals surface area contributed by atoms with Gasteiger partial charge in [0.25, 0.3) is 0 Å². The summed E-state index contributed by atoms with van der Waals surface area (Å²) >= 11 is 0. The number of unbranched alkanes of at least 4 members (excludes halogenated alkanes) is 4.